The van der Waals surface area contributed by atoms with Gasteiger partial charge < -0.3 is 10.6 Å². The van der Waals surface area contributed by atoms with E-state index in [9.17, 15) is 4.79 Å². The molecule has 0 saturated carbocycles. The summed E-state index contributed by atoms with van der Waals surface area (Å²) in [6, 6.07) is 2.30. The third-order valence-electron chi connectivity index (χ3n) is 3.23. The van der Waals surface area contributed by atoms with Gasteiger partial charge in [-0.2, -0.15) is 0 Å². The summed E-state index contributed by atoms with van der Waals surface area (Å²) in [4.78, 5) is 14.4. The van der Waals surface area contributed by atoms with E-state index in [1.807, 2.05) is 11.3 Å². The molecule has 0 fully saturated rings. The van der Waals surface area contributed by atoms with Gasteiger partial charge in [0.15, 0.2) is 0 Å². The Morgan fingerprint density at radius 1 is 1.44 bits per heavy atom. The van der Waals surface area contributed by atoms with E-state index in [4.69, 9.17) is 0 Å². The quantitative estimate of drug-likeness (QED) is 0.743. The Bertz CT molecular complexity index is 379. The van der Waals surface area contributed by atoms with Gasteiger partial charge in [0.1, 0.15) is 0 Å². The van der Waals surface area contributed by atoms with Crippen molar-refractivity contribution in [1.82, 2.24) is 10.6 Å². The minimum absolute atomic E-state index is 0.104. The topological polar surface area (TPSA) is 41.1 Å². The van der Waals surface area contributed by atoms with E-state index in [0.29, 0.717) is 6.54 Å². The maximum Gasteiger partial charge on any atom is 0.233 e. The highest BCUT2D eigenvalue weighted by molar-refractivity contribution is 7.12. The lowest BCUT2D eigenvalue weighted by Crippen LogP contribution is -2.33. The summed E-state index contributed by atoms with van der Waals surface area (Å²) in [6.07, 6.45) is 5.98. The first-order valence-electron chi connectivity index (χ1n) is 6.87. The molecule has 0 aliphatic heterocycles. The van der Waals surface area contributed by atoms with E-state index in [-0.39, 0.29) is 5.91 Å². The van der Waals surface area contributed by atoms with E-state index < -0.39 is 0 Å². The summed E-state index contributed by atoms with van der Waals surface area (Å²) in [5.41, 5.74) is 1.53. The van der Waals surface area contributed by atoms with Crippen LogP contribution >= 0.6 is 11.3 Å². The minimum atomic E-state index is 0.104. The maximum absolute atomic E-state index is 11.5. The summed E-state index contributed by atoms with van der Waals surface area (Å²) in [5, 5.41) is 6.13. The number of hydrogen-bond acceptors (Lipinski definition) is 3. The fraction of sp³-hybridized carbons (Fsp3) is 0.643. The number of unbranched alkanes of at least 4 members (excludes halogenated alkanes) is 1. The normalized spacial score (nSPS) is 13.6. The van der Waals surface area contributed by atoms with Gasteiger partial charge >= 0.3 is 0 Å². The molecule has 0 spiro atoms. The molecule has 1 aromatic heterocycles. The van der Waals surface area contributed by atoms with Crippen LogP contribution < -0.4 is 10.6 Å². The SMILES string of the molecule is CCCCNC(=O)CNCc1cc2c(s1)CCC2. The summed E-state index contributed by atoms with van der Waals surface area (Å²) < 4.78 is 0. The zero-order valence-corrected chi connectivity index (χ0v) is 11.9. The second kappa shape index (κ2) is 6.90. The van der Waals surface area contributed by atoms with Crippen LogP contribution in [0.5, 0.6) is 0 Å². The number of carbonyl (C=O) groups is 1. The fourth-order valence-corrected chi connectivity index (χ4v) is 3.47. The molecule has 0 aromatic carbocycles. The van der Waals surface area contributed by atoms with Crippen molar-refractivity contribution in [3.8, 4) is 0 Å². The van der Waals surface area contributed by atoms with Crippen LogP contribution in [0.3, 0.4) is 0 Å². The van der Waals surface area contributed by atoms with Gasteiger partial charge in [-0.1, -0.05) is 13.3 Å². The minimum Gasteiger partial charge on any atom is -0.355 e. The van der Waals surface area contributed by atoms with Crippen LogP contribution in [0.25, 0.3) is 0 Å². The van der Waals surface area contributed by atoms with Gasteiger partial charge in [0.25, 0.3) is 0 Å². The first kappa shape index (κ1) is 13.6. The van der Waals surface area contributed by atoms with E-state index in [0.717, 1.165) is 25.9 Å². The molecule has 1 amide bonds. The molecule has 18 heavy (non-hydrogen) atoms. The number of amides is 1. The summed E-state index contributed by atoms with van der Waals surface area (Å²) in [5.74, 6) is 0.104. The van der Waals surface area contributed by atoms with Crippen LogP contribution in [0.1, 0.15) is 41.5 Å². The van der Waals surface area contributed by atoms with Crippen LogP contribution in [-0.4, -0.2) is 19.0 Å². The molecule has 1 aliphatic rings. The smallest absolute Gasteiger partial charge is 0.233 e. The summed E-state index contributed by atoms with van der Waals surface area (Å²) >= 11 is 1.90. The van der Waals surface area contributed by atoms with Crippen molar-refractivity contribution in [2.75, 3.05) is 13.1 Å². The number of carbonyl (C=O) groups excluding carboxylic acids is 1. The lowest BCUT2D eigenvalue weighted by atomic mass is 10.2. The second-order valence-electron chi connectivity index (χ2n) is 4.82. The van der Waals surface area contributed by atoms with Crippen molar-refractivity contribution in [1.29, 1.82) is 0 Å². The van der Waals surface area contributed by atoms with E-state index >= 15 is 0 Å². The van der Waals surface area contributed by atoms with Gasteiger partial charge in [-0.25, -0.2) is 0 Å². The van der Waals surface area contributed by atoms with Crippen molar-refractivity contribution >= 4 is 17.2 Å². The highest BCUT2D eigenvalue weighted by Gasteiger charge is 2.14. The van der Waals surface area contributed by atoms with E-state index in [1.165, 1.54) is 29.7 Å². The third kappa shape index (κ3) is 3.82. The monoisotopic (exact) mass is 266 g/mol. The summed E-state index contributed by atoms with van der Waals surface area (Å²) in [6.45, 7) is 4.16. The molecule has 4 heteroatoms. The molecule has 2 N–H and O–H groups in total. The molecular weight excluding hydrogens is 244 g/mol. The Balaban J connectivity index is 1.64. The molecule has 3 nitrogen and oxygen atoms in total. The Kier molecular flexibility index (Phi) is 5.20. The Hall–Kier alpha value is -0.870. The number of thiophene rings is 1. The van der Waals surface area contributed by atoms with Crippen LogP contribution in [0.15, 0.2) is 6.07 Å². The molecular formula is C14H22N2OS. The molecule has 0 atom stereocenters. The van der Waals surface area contributed by atoms with Crippen molar-refractivity contribution < 1.29 is 4.79 Å². The zero-order valence-electron chi connectivity index (χ0n) is 11.1. The number of fused-ring (bicyclic) bond motifs is 1. The predicted octanol–water partition coefficient (Wildman–Crippen LogP) is 2.24. The van der Waals surface area contributed by atoms with Crippen LogP contribution in [0.4, 0.5) is 0 Å². The second-order valence-corrected chi connectivity index (χ2v) is 6.04. The van der Waals surface area contributed by atoms with Crippen molar-refractivity contribution in [3.05, 3.63) is 21.4 Å². The maximum atomic E-state index is 11.5. The highest BCUT2D eigenvalue weighted by Crippen LogP contribution is 2.30. The van der Waals surface area contributed by atoms with Gasteiger partial charge in [-0.05, 0) is 37.3 Å². The molecule has 100 valence electrons. The Morgan fingerprint density at radius 2 is 2.33 bits per heavy atom. The van der Waals surface area contributed by atoms with Gasteiger partial charge in [0.05, 0.1) is 6.54 Å². The van der Waals surface area contributed by atoms with Gasteiger partial charge in [0.2, 0.25) is 5.91 Å². The van der Waals surface area contributed by atoms with Crippen LogP contribution in [-0.2, 0) is 24.2 Å². The van der Waals surface area contributed by atoms with Gasteiger partial charge in [-0.15, -0.1) is 11.3 Å². The number of hydrogen-bond donors (Lipinski definition) is 2. The van der Waals surface area contributed by atoms with E-state index in [2.05, 4.69) is 23.6 Å². The third-order valence-corrected chi connectivity index (χ3v) is 4.47. The first-order chi connectivity index (χ1) is 8.79. The number of nitrogens with one attached hydrogen (secondary N) is 2. The van der Waals surface area contributed by atoms with Crippen molar-refractivity contribution in [2.24, 2.45) is 0 Å². The van der Waals surface area contributed by atoms with Gasteiger partial charge in [0, 0.05) is 22.8 Å². The molecule has 2 rings (SSSR count). The van der Waals surface area contributed by atoms with Crippen molar-refractivity contribution in [2.45, 2.75) is 45.6 Å². The highest BCUT2D eigenvalue weighted by atomic mass is 32.1. The molecule has 1 aliphatic carbocycles. The average Bonchev–Trinajstić information content (AvgIpc) is 2.90. The lowest BCUT2D eigenvalue weighted by Gasteiger charge is -2.05. The summed E-state index contributed by atoms with van der Waals surface area (Å²) in [7, 11) is 0. The van der Waals surface area contributed by atoms with Crippen molar-refractivity contribution in [3.63, 3.8) is 0 Å². The molecule has 0 saturated heterocycles. The number of aryl methyl sites for hydroxylation is 2. The molecule has 0 bridgehead atoms. The zero-order chi connectivity index (χ0) is 12.8. The lowest BCUT2D eigenvalue weighted by molar-refractivity contribution is -0.120. The van der Waals surface area contributed by atoms with E-state index in [1.54, 1.807) is 4.88 Å². The molecule has 0 radical (unpaired) electrons. The largest absolute Gasteiger partial charge is 0.355 e. The van der Waals surface area contributed by atoms with Gasteiger partial charge in [-0.3, -0.25) is 4.79 Å². The standard InChI is InChI=1S/C14H22N2OS/c1-2-3-7-16-14(17)10-15-9-12-8-11-5-4-6-13(11)18-12/h8,15H,2-7,9-10H2,1H3,(H,16,17). The van der Waals surface area contributed by atoms with Crippen LogP contribution in [0, 0.1) is 0 Å². The predicted molar refractivity (Wildman–Crippen MR) is 76.0 cm³/mol. The first-order valence-corrected chi connectivity index (χ1v) is 7.69. The average molecular weight is 266 g/mol. The Morgan fingerprint density at radius 3 is 3.11 bits per heavy atom. The Labute approximate surface area is 113 Å². The fourth-order valence-electron chi connectivity index (χ4n) is 2.24. The molecule has 0 unspecified atom stereocenters. The number of rotatable bonds is 7. The molecule has 1 aromatic rings. The molecule has 1 heterocycles. The van der Waals surface area contributed by atoms with Crippen LogP contribution in [0.2, 0.25) is 0 Å².